The minimum atomic E-state index is -0.684. The Bertz CT molecular complexity index is 121. The molecule has 0 saturated heterocycles. The van der Waals surface area contributed by atoms with Crippen molar-refractivity contribution in [1.29, 1.82) is 5.26 Å². The summed E-state index contributed by atoms with van der Waals surface area (Å²) in [4.78, 5) is 10.2. The van der Waals surface area contributed by atoms with Crippen LogP contribution in [0, 0.1) is 11.3 Å². The van der Waals surface area contributed by atoms with Crippen molar-refractivity contribution >= 4 is 38.5 Å². The second-order valence-electron chi connectivity index (χ2n) is 0.960. The van der Waals surface area contributed by atoms with Crippen molar-refractivity contribution in [2.75, 3.05) is 0 Å². The Morgan fingerprint density at radius 2 is 2.62 bits per heavy atom. The third-order valence-corrected chi connectivity index (χ3v) is 1.80. The number of hydrogen-bond acceptors (Lipinski definition) is 3. The summed E-state index contributed by atoms with van der Waals surface area (Å²) in [5.41, 5.74) is 0. The molecule has 0 amide bonds. The number of nitriles is 1. The third-order valence-electron chi connectivity index (χ3n) is 0.439. The Balaban J connectivity index is 3.23. The first kappa shape index (κ1) is 8.22. The van der Waals surface area contributed by atoms with Gasteiger partial charge in [0.2, 0.25) is 0 Å². The van der Waals surface area contributed by atoms with E-state index in [0.717, 1.165) is 0 Å². The molecule has 0 aliphatic carbocycles. The zero-order chi connectivity index (χ0) is 6.41. The molecule has 0 aromatic rings. The first-order valence-corrected chi connectivity index (χ1v) is 7.58. The van der Waals surface area contributed by atoms with Crippen LogP contribution in [-0.2, 0) is 8.58 Å². The van der Waals surface area contributed by atoms with E-state index in [1.165, 1.54) is 0 Å². The van der Waals surface area contributed by atoms with Crippen LogP contribution in [0.15, 0.2) is 0 Å². The van der Waals surface area contributed by atoms with E-state index < -0.39 is 18.2 Å². The SMILES string of the molecule is N#CCC(=O)[O][AlH][I]. The fourth-order valence-corrected chi connectivity index (χ4v) is 1.44. The number of rotatable bonds is 2. The summed E-state index contributed by atoms with van der Waals surface area (Å²) in [6.45, 7) is 0. The van der Waals surface area contributed by atoms with Crippen molar-refractivity contribution in [3.05, 3.63) is 0 Å². The Morgan fingerprint density at radius 1 is 2.00 bits per heavy atom. The van der Waals surface area contributed by atoms with Crippen molar-refractivity contribution in [2.45, 2.75) is 6.42 Å². The van der Waals surface area contributed by atoms with Gasteiger partial charge in [0.1, 0.15) is 6.42 Å². The molecule has 0 saturated carbocycles. The van der Waals surface area contributed by atoms with E-state index in [2.05, 4.69) is 3.79 Å². The van der Waals surface area contributed by atoms with Gasteiger partial charge in [0.25, 0.3) is 5.97 Å². The molecule has 8 heavy (non-hydrogen) atoms. The van der Waals surface area contributed by atoms with Gasteiger partial charge in [0, 0.05) is 0 Å². The summed E-state index contributed by atoms with van der Waals surface area (Å²) in [5, 5.41) is 7.93. The van der Waals surface area contributed by atoms with E-state index in [1.807, 2.05) is 20.3 Å². The Hall–Kier alpha value is 0.222. The number of hydrogen-bond donors (Lipinski definition) is 0. The largest absolute Gasteiger partial charge is 0.614 e. The first-order chi connectivity index (χ1) is 3.81. The van der Waals surface area contributed by atoms with Crippen LogP contribution < -0.4 is 0 Å². The lowest BCUT2D eigenvalue weighted by Crippen LogP contribution is -2.02. The highest BCUT2D eigenvalue weighted by Gasteiger charge is 1.98. The van der Waals surface area contributed by atoms with Gasteiger partial charge in [-0.25, -0.2) is 0 Å². The lowest BCUT2D eigenvalue weighted by molar-refractivity contribution is -0.132. The average Bonchev–Trinajstić information content (AvgIpc) is 1.68. The van der Waals surface area contributed by atoms with E-state index in [9.17, 15) is 4.79 Å². The average molecular weight is 239 g/mol. The maximum Gasteiger partial charge on any atom is 0.614 e. The molecule has 0 aromatic carbocycles. The predicted molar refractivity (Wildman–Crippen MR) is 37.5 cm³/mol. The molecule has 5 heteroatoms. The van der Waals surface area contributed by atoms with Crippen molar-refractivity contribution in [2.24, 2.45) is 0 Å². The Kier molecular flexibility index (Phi) is 5.51. The molecular formula is C3H3AlINO2. The molecular weight excluding hydrogens is 236 g/mol. The van der Waals surface area contributed by atoms with Gasteiger partial charge in [0.15, 0.2) is 0 Å². The molecule has 0 fully saturated rings. The lowest BCUT2D eigenvalue weighted by Gasteiger charge is -1.92. The molecule has 3 nitrogen and oxygen atoms in total. The molecule has 0 bridgehead atoms. The Morgan fingerprint density at radius 3 is 3.00 bits per heavy atom. The van der Waals surface area contributed by atoms with E-state index >= 15 is 0 Å². The summed E-state index contributed by atoms with van der Waals surface area (Å²) in [5.74, 6) is -0.395. The van der Waals surface area contributed by atoms with Crippen LogP contribution in [0.25, 0.3) is 0 Å². The molecule has 0 rings (SSSR count). The highest BCUT2D eigenvalue weighted by Crippen LogP contribution is 1.84. The standard InChI is InChI=1S/C3H3NO2.Al.HI.H/c4-2-1-3(5)6;;;/h1H2,(H,5,6);;1H;/q;+2;;/p-2. The Labute approximate surface area is 64.7 Å². The number of carbonyl (C=O) groups is 1. The van der Waals surface area contributed by atoms with Gasteiger partial charge in [-0.1, -0.05) is 0 Å². The van der Waals surface area contributed by atoms with Crippen LogP contribution in [0.5, 0.6) is 0 Å². The van der Waals surface area contributed by atoms with Gasteiger partial charge in [-0.2, -0.15) is 25.5 Å². The second kappa shape index (κ2) is 5.36. The summed E-state index contributed by atoms with van der Waals surface area (Å²) in [7, 11) is 0. The highest BCUT2D eigenvalue weighted by molar-refractivity contribution is 14.1. The fourth-order valence-electron chi connectivity index (χ4n) is 0.176. The molecule has 42 valence electrons. The number of carbonyl (C=O) groups excluding carboxylic acids is 1. The zero-order valence-electron chi connectivity index (χ0n) is 4.06. The topological polar surface area (TPSA) is 50.1 Å². The van der Waals surface area contributed by atoms with Crippen LogP contribution in [0.2, 0.25) is 0 Å². The maximum atomic E-state index is 10.2. The second-order valence-corrected chi connectivity index (χ2v) is 3.34. The fraction of sp³-hybridized carbons (Fsp3) is 0.333. The van der Waals surface area contributed by atoms with Crippen LogP contribution in [0.1, 0.15) is 6.42 Å². The van der Waals surface area contributed by atoms with Crippen molar-refractivity contribution in [3.63, 3.8) is 0 Å². The van der Waals surface area contributed by atoms with E-state index in [0.29, 0.717) is 0 Å². The van der Waals surface area contributed by atoms with Crippen molar-refractivity contribution < 1.29 is 8.58 Å². The van der Waals surface area contributed by atoms with Crippen LogP contribution in [0.3, 0.4) is 0 Å². The molecule has 0 aliphatic rings. The van der Waals surface area contributed by atoms with Crippen LogP contribution in [0.4, 0.5) is 0 Å². The van der Waals surface area contributed by atoms with Gasteiger partial charge in [-0.15, -0.1) is 0 Å². The highest BCUT2D eigenvalue weighted by atomic mass is 127. The van der Waals surface area contributed by atoms with Gasteiger partial charge in [-0.05, 0) is 0 Å². The molecule has 0 atom stereocenters. The zero-order valence-corrected chi connectivity index (χ0v) is 7.63. The van der Waals surface area contributed by atoms with E-state index in [-0.39, 0.29) is 6.42 Å². The molecule has 0 radical (unpaired) electrons. The number of nitrogens with zero attached hydrogens (tertiary/aromatic N) is 1. The summed E-state index contributed by atoms with van der Waals surface area (Å²) >= 11 is 1.34. The molecule has 0 N–H and O–H groups in total. The van der Waals surface area contributed by atoms with Gasteiger partial charge >= 0.3 is 12.3 Å². The van der Waals surface area contributed by atoms with Crippen molar-refractivity contribution in [1.82, 2.24) is 0 Å². The van der Waals surface area contributed by atoms with Crippen molar-refractivity contribution in [3.8, 4) is 6.07 Å². The molecule has 0 unspecified atom stereocenters. The van der Waals surface area contributed by atoms with Crippen LogP contribution >= 0.6 is 20.3 Å². The van der Waals surface area contributed by atoms with Gasteiger partial charge < -0.3 is 3.79 Å². The van der Waals surface area contributed by atoms with Gasteiger partial charge in [0.05, 0.1) is 6.07 Å². The number of halogens is 1. The predicted octanol–water partition coefficient (Wildman–Crippen LogP) is 0.145. The maximum absolute atomic E-state index is 10.2. The summed E-state index contributed by atoms with van der Waals surface area (Å²) in [6, 6.07) is 1.70. The third kappa shape index (κ3) is 4.38. The first-order valence-electron chi connectivity index (χ1n) is 1.89. The van der Waals surface area contributed by atoms with Crippen LogP contribution in [-0.4, -0.2) is 18.2 Å². The molecule has 0 heterocycles. The molecule has 0 spiro atoms. The van der Waals surface area contributed by atoms with E-state index in [4.69, 9.17) is 5.26 Å². The smallest absolute Gasteiger partial charge is 0.611 e. The molecule has 0 aliphatic heterocycles. The normalized spacial score (nSPS) is 7.00. The van der Waals surface area contributed by atoms with Gasteiger partial charge in [-0.3, -0.25) is 4.79 Å². The minimum absolute atomic E-state index is 0.115. The molecule has 0 aromatic heterocycles. The summed E-state index contributed by atoms with van der Waals surface area (Å²) in [6.07, 6.45) is -0.115. The summed E-state index contributed by atoms with van der Waals surface area (Å²) < 4.78 is 4.55. The van der Waals surface area contributed by atoms with E-state index in [1.54, 1.807) is 6.07 Å². The lowest BCUT2D eigenvalue weighted by atomic mass is 10.5. The quantitative estimate of drug-likeness (QED) is 0.508. The minimum Gasteiger partial charge on any atom is -0.611 e. The monoisotopic (exact) mass is 239 g/mol.